The summed E-state index contributed by atoms with van der Waals surface area (Å²) in [6, 6.07) is 9.34. The fourth-order valence-electron chi connectivity index (χ4n) is 3.76. The third kappa shape index (κ3) is 6.83. The molecule has 0 saturated heterocycles. The zero-order chi connectivity index (χ0) is 21.3. The van der Waals surface area contributed by atoms with Gasteiger partial charge in [0, 0.05) is 6.54 Å². The fraction of sp³-hybridized carbons (Fsp3) is 0.609. The molecule has 164 valence electrons. The second kappa shape index (κ2) is 11.1. The van der Waals surface area contributed by atoms with Gasteiger partial charge >= 0.3 is 5.97 Å². The van der Waals surface area contributed by atoms with Crippen LogP contribution in [0, 0.1) is 5.92 Å². The third-order valence-electron chi connectivity index (χ3n) is 5.47. The molecule has 0 N–H and O–H groups in total. The molecule has 1 aliphatic rings. The molecule has 30 heavy (non-hydrogen) atoms. The first kappa shape index (κ1) is 22.3. The predicted molar refractivity (Wildman–Crippen MR) is 115 cm³/mol. The summed E-state index contributed by atoms with van der Waals surface area (Å²) in [5, 5.41) is 8.71. The third-order valence-corrected chi connectivity index (χ3v) is 5.47. The Kier molecular flexibility index (Phi) is 8.25. The molecule has 3 rings (SSSR count). The molecule has 0 aliphatic heterocycles. The first-order valence-corrected chi connectivity index (χ1v) is 11.0. The highest BCUT2D eigenvalue weighted by Gasteiger charge is 2.31. The maximum absolute atomic E-state index is 12.3. The molecule has 2 atom stereocenters. The Hall–Kier alpha value is -2.41. The van der Waals surface area contributed by atoms with E-state index in [0.717, 1.165) is 50.9 Å². The second-order valence-electron chi connectivity index (χ2n) is 8.59. The van der Waals surface area contributed by atoms with E-state index in [1.165, 1.54) is 0 Å². The molecule has 0 radical (unpaired) electrons. The van der Waals surface area contributed by atoms with Crippen LogP contribution in [0.5, 0.6) is 5.75 Å². The van der Waals surface area contributed by atoms with E-state index in [0.29, 0.717) is 11.7 Å². The minimum absolute atomic E-state index is 0.0293. The van der Waals surface area contributed by atoms with Gasteiger partial charge in [0.25, 0.3) is 0 Å². The lowest BCUT2D eigenvalue weighted by molar-refractivity contribution is -0.155. The van der Waals surface area contributed by atoms with Crippen molar-refractivity contribution in [3.63, 3.8) is 0 Å². The number of nitrogens with zero attached hydrogens (tertiary/aromatic N) is 4. The van der Waals surface area contributed by atoms with Crippen LogP contribution >= 0.6 is 0 Å². The monoisotopic (exact) mass is 414 g/mol. The average molecular weight is 415 g/mol. The predicted octanol–water partition coefficient (Wildman–Crippen LogP) is 3.86. The quantitative estimate of drug-likeness (QED) is 0.550. The van der Waals surface area contributed by atoms with Crippen LogP contribution in [0.25, 0.3) is 0 Å². The topological polar surface area (TPSA) is 69.5 Å². The van der Waals surface area contributed by atoms with Crippen molar-refractivity contribution in [2.45, 2.75) is 64.6 Å². The van der Waals surface area contributed by atoms with Crippen LogP contribution in [-0.2, 0) is 16.1 Å². The Morgan fingerprint density at radius 3 is 2.77 bits per heavy atom. The zero-order valence-electron chi connectivity index (χ0n) is 18.4. The van der Waals surface area contributed by atoms with Crippen LogP contribution in [0.15, 0.2) is 36.5 Å². The molecule has 1 aromatic heterocycles. The first-order valence-electron chi connectivity index (χ1n) is 11.0. The lowest BCUT2D eigenvalue weighted by Crippen LogP contribution is -2.34. The van der Waals surface area contributed by atoms with E-state index in [-0.39, 0.29) is 24.7 Å². The summed E-state index contributed by atoms with van der Waals surface area (Å²) in [6.07, 6.45) is 6.89. The first-order chi connectivity index (χ1) is 14.5. The van der Waals surface area contributed by atoms with Gasteiger partial charge in [-0.2, -0.15) is 0 Å². The van der Waals surface area contributed by atoms with E-state index in [2.05, 4.69) is 36.1 Å². The highest BCUT2D eigenvalue weighted by molar-refractivity contribution is 5.71. The summed E-state index contributed by atoms with van der Waals surface area (Å²) < 4.78 is 13.2. The summed E-state index contributed by atoms with van der Waals surface area (Å²) in [7, 11) is 2.11. The van der Waals surface area contributed by atoms with Gasteiger partial charge < -0.3 is 14.4 Å². The second-order valence-corrected chi connectivity index (χ2v) is 8.59. The Labute approximate surface area is 179 Å². The van der Waals surface area contributed by atoms with Crippen molar-refractivity contribution in [1.29, 1.82) is 0 Å². The van der Waals surface area contributed by atoms with Gasteiger partial charge in [0.2, 0.25) is 0 Å². The van der Waals surface area contributed by atoms with Gasteiger partial charge in [-0.3, -0.25) is 0 Å². The van der Waals surface area contributed by atoms with Crippen LogP contribution in [0.4, 0.5) is 0 Å². The van der Waals surface area contributed by atoms with Gasteiger partial charge in [-0.25, -0.2) is 9.48 Å². The van der Waals surface area contributed by atoms with Crippen molar-refractivity contribution < 1.29 is 14.3 Å². The van der Waals surface area contributed by atoms with Crippen molar-refractivity contribution in [3.05, 3.63) is 42.2 Å². The van der Waals surface area contributed by atoms with Crippen LogP contribution in [-0.4, -0.2) is 52.2 Å². The van der Waals surface area contributed by atoms with Gasteiger partial charge in [-0.15, -0.1) is 5.10 Å². The molecule has 1 heterocycles. The van der Waals surface area contributed by atoms with Crippen molar-refractivity contribution >= 4 is 5.97 Å². The Morgan fingerprint density at radius 2 is 2.00 bits per heavy atom. The molecular weight excluding hydrogens is 380 g/mol. The van der Waals surface area contributed by atoms with Gasteiger partial charge in [0.1, 0.15) is 11.9 Å². The number of carbonyl (C=O) groups is 1. The van der Waals surface area contributed by atoms with Crippen LogP contribution in [0.2, 0.25) is 0 Å². The largest absolute Gasteiger partial charge is 0.482 e. The molecule has 2 aromatic rings. The Morgan fingerprint density at radius 1 is 1.23 bits per heavy atom. The van der Waals surface area contributed by atoms with E-state index >= 15 is 0 Å². The minimum atomic E-state index is -0.343. The maximum atomic E-state index is 12.3. The fourth-order valence-corrected chi connectivity index (χ4v) is 3.76. The van der Waals surface area contributed by atoms with E-state index in [1.807, 2.05) is 41.2 Å². The van der Waals surface area contributed by atoms with E-state index in [1.54, 1.807) is 0 Å². The molecule has 0 bridgehead atoms. The summed E-state index contributed by atoms with van der Waals surface area (Å²) in [4.78, 5) is 14.6. The number of ether oxygens (including phenoxy) is 2. The van der Waals surface area contributed by atoms with E-state index in [9.17, 15) is 4.79 Å². The van der Waals surface area contributed by atoms with Crippen LogP contribution in [0.1, 0.15) is 57.7 Å². The molecule has 7 heteroatoms. The van der Waals surface area contributed by atoms with Crippen molar-refractivity contribution in [3.8, 4) is 5.75 Å². The highest BCUT2D eigenvalue weighted by Crippen LogP contribution is 2.30. The Bertz CT molecular complexity index is 778. The van der Waals surface area contributed by atoms with Crippen molar-refractivity contribution in [2.75, 3.05) is 20.2 Å². The average Bonchev–Trinajstić information content (AvgIpc) is 3.20. The summed E-state index contributed by atoms with van der Waals surface area (Å²) >= 11 is 0. The summed E-state index contributed by atoms with van der Waals surface area (Å²) in [6.45, 7) is 6.19. The standard InChI is InChI=1S/C23H34N4O3/c1-18(2)13-14-26(3)15-19-16-27(25-24-19)21-11-7-8-12-22(21)30-23(28)17-29-20-9-5-4-6-10-20/h4-6,9-10,16,18,21-22H,7-8,11-15,17H2,1-3H3/t21-,22-/m1/s1. The number of aromatic nitrogens is 3. The number of hydrogen-bond acceptors (Lipinski definition) is 6. The molecule has 1 aromatic carbocycles. The molecule has 0 spiro atoms. The SMILES string of the molecule is CC(C)CCN(C)Cc1cn([C@@H]2CCCC[C@H]2OC(=O)COc2ccccc2)nn1. The Balaban J connectivity index is 1.53. The van der Waals surface area contributed by atoms with Crippen LogP contribution in [0.3, 0.4) is 0 Å². The lowest BCUT2D eigenvalue weighted by atomic mass is 9.92. The number of rotatable bonds is 10. The normalized spacial score (nSPS) is 19.2. The van der Waals surface area contributed by atoms with Crippen molar-refractivity contribution in [2.24, 2.45) is 5.92 Å². The lowest BCUT2D eigenvalue weighted by Gasteiger charge is -2.30. The number of esters is 1. The van der Waals surface area contributed by atoms with E-state index < -0.39 is 0 Å². The molecule has 1 aliphatic carbocycles. The minimum Gasteiger partial charge on any atom is -0.482 e. The summed E-state index contributed by atoms with van der Waals surface area (Å²) in [5.41, 5.74) is 0.948. The highest BCUT2D eigenvalue weighted by atomic mass is 16.6. The van der Waals surface area contributed by atoms with E-state index in [4.69, 9.17) is 9.47 Å². The molecule has 1 fully saturated rings. The van der Waals surface area contributed by atoms with Crippen molar-refractivity contribution in [1.82, 2.24) is 19.9 Å². The molecular formula is C23H34N4O3. The smallest absolute Gasteiger partial charge is 0.344 e. The number of hydrogen-bond donors (Lipinski definition) is 0. The molecule has 0 unspecified atom stereocenters. The molecule has 0 amide bonds. The van der Waals surface area contributed by atoms with Gasteiger partial charge in [-0.1, -0.05) is 43.7 Å². The number of carbonyl (C=O) groups excluding carboxylic acids is 1. The zero-order valence-corrected chi connectivity index (χ0v) is 18.4. The summed E-state index contributed by atoms with van der Waals surface area (Å²) in [5.74, 6) is 1.01. The van der Waals surface area contributed by atoms with Gasteiger partial charge in [0.15, 0.2) is 6.61 Å². The van der Waals surface area contributed by atoms with Gasteiger partial charge in [-0.05, 0) is 57.3 Å². The van der Waals surface area contributed by atoms with Gasteiger partial charge in [0.05, 0.1) is 17.9 Å². The molecule has 1 saturated carbocycles. The number of benzene rings is 1. The maximum Gasteiger partial charge on any atom is 0.344 e. The number of para-hydroxylation sites is 1. The molecule has 7 nitrogen and oxygen atoms in total. The van der Waals surface area contributed by atoms with Crippen LogP contribution < -0.4 is 4.74 Å².